The molecule has 0 unspecified atom stereocenters. The SMILES string of the molecule is CCCC[NH+](CCOCOC)CCOCOC. The molecule has 5 nitrogen and oxygen atoms in total. The first-order chi connectivity index (χ1) is 8.35. The van der Waals surface area contributed by atoms with Crippen LogP contribution in [0.3, 0.4) is 0 Å². The number of rotatable bonds is 13. The molecule has 0 fully saturated rings. The summed E-state index contributed by atoms with van der Waals surface area (Å²) >= 11 is 0. The molecule has 17 heavy (non-hydrogen) atoms. The van der Waals surface area contributed by atoms with Gasteiger partial charge in [-0.15, -0.1) is 0 Å². The van der Waals surface area contributed by atoms with Gasteiger partial charge in [0.15, 0.2) is 0 Å². The Morgan fingerprint density at radius 1 is 0.824 bits per heavy atom. The summed E-state index contributed by atoms with van der Waals surface area (Å²) in [4.78, 5) is 1.51. The third kappa shape index (κ3) is 12.1. The van der Waals surface area contributed by atoms with Crippen molar-refractivity contribution < 1.29 is 23.8 Å². The second-order valence-corrected chi connectivity index (χ2v) is 3.98. The van der Waals surface area contributed by atoms with Crippen LogP contribution >= 0.6 is 0 Å². The summed E-state index contributed by atoms with van der Waals surface area (Å²) in [6.07, 6.45) is 2.46. The summed E-state index contributed by atoms with van der Waals surface area (Å²) in [5, 5.41) is 0. The highest BCUT2D eigenvalue weighted by molar-refractivity contribution is 4.34. The van der Waals surface area contributed by atoms with Gasteiger partial charge < -0.3 is 23.8 Å². The van der Waals surface area contributed by atoms with Crippen LogP contribution in [0, 0.1) is 0 Å². The van der Waals surface area contributed by atoms with Crippen LogP contribution < -0.4 is 4.90 Å². The largest absolute Gasteiger partial charge is 0.359 e. The van der Waals surface area contributed by atoms with E-state index in [1.54, 1.807) is 14.2 Å². The van der Waals surface area contributed by atoms with Crippen molar-refractivity contribution in [2.24, 2.45) is 0 Å². The second-order valence-electron chi connectivity index (χ2n) is 3.98. The lowest BCUT2D eigenvalue weighted by Gasteiger charge is -2.19. The molecule has 0 aliphatic rings. The van der Waals surface area contributed by atoms with Gasteiger partial charge in [-0.3, -0.25) is 0 Å². The molecule has 0 radical (unpaired) electrons. The minimum absolute atomic E-state index is 0.376. The molecule has 0 saturated carbocycles. The normalized spacial score (nSPS) is 11.3. The van der Waals surface area contributed by atoms with Gasteiger partial charge in [0, 0.05) is 14.2 Å². The predicted molar refractivity (Wildman–Crippen MR) is 66.1 cm³/mol. The van der Waals surface area contributed by atoms with Crippen molar-refractivity contribution in [3.05, 3.63) is 0 Å². The monoisotopic (exact) mass is 250 g/mol. The van der Waals surface area contributed by atoms with E-state index in [9.17, 15) is 0 Å². The Labute approximate surface area is 105 Å². The lowest BCUT2D eigenvalue weighted by atomic mass is 10.3. The van der Waals surface area contributed by atoms with Crippen molar-refractivity contribution in [1.29, 1.82) is 0 Å². The van der Waals surface area contributed by atoms with Crippen molar-refractivity contribution in [3.63, 3.8) is 0 Å². The average Bonchev–Trinajstić information content (AvgIpc) is 2.35. The van der Waals surface area contributed by atoms with Gasteiger partial charge in [0.25, 0.3) is 0 Å². The maximum Gasteiger partial charge on any atom is 0.146 e. The molecule has 0 bridgehead atoms. The Bertz CT molecular complexity index is 134. The fourth-order valence-electron chi connectivity index (χ4n) is 1.52. The molecule has 0 atom stereocenters. The van der Waals surface area contributed by atoms with E-state index in [0.717, 1.165) is 26.3 Å². The highest BCUT2D eigenvalue weighted by atomic mass is 16.7. The van der Waals surface area contributed by atoms with Crippen molar-refractivity contribution in [2.45, 2.75) is 19.8 Å². The molecule has 104 valence electrons. The lowest BCUT2D eigenvalue weighted by molar-refractivity contribution is -0.901. The number of quaternary nitrogens is 1. The van der Waals surface area contributed by atoms with Crippen molar-refractivity contribution in [2.75, 3.05) is 60.7 Å². The number of ether oxygens (including phenoxy) is 4. The third-order valence-electron chi connectivity index (χ3n) is 2.49. The van der Waals surface area contributed by atoms with E-state index in [-0.39, 0.29) is 0 Å². The van der Waals surface area contributed by atoms with Gasteiger partial charge >= 0.3 is 0 Å². The standard InChI is InChI=1S/C12H27NO4/c1-4-5-6-13(7-9-16-11-14-2)8-10-17-12-15-3/h4-12H2,1-3H3/p+1. The van der Waals surface area contributed by atoms with Gasteiger partial charge in [0.1, 0.15) is 26.7 Å². The number of hydrogen-bond acceptors (Lipinski definition) is 4. The fourth-order valence-corrected chi connectivity index (χ4v) is 1.52. The van der Waals surface area contributed by atoms with E-state index in [1.165, 1.54) is 24.3 Å². The Balaban J connectivity index is 3.56. The Morgan fingerprint density at radius 3 is 1.76 bits per heavy atom. The summed E-state index contributed by atoms with van der Waals surface area (Å²) in [5.74, 6) is 0. The summed E-state index contributed by atoms with van der Waals surface area (Å²) < 4.78 is 20.3. The lowest BCUT2D eigenvalue weighted by Crippen LogP contribution is -3.13. The first-order valence-corrected chi connectivity index (χ1v) is 6.32. The molecule has 0 aromatic rings. The average molecular weight is 250 g/mol. The predicted octanol–water partition coefficient (Wildman–Crippen LogP) is -0.0876. The first kappa shape index (κ1) is 16.8. The zero-order valence-electron chi connectivity index (χ0n) is 11.5. The number of nitrogens with one attached hydrogen (secondary N) is 1. The van der Waals surface area contributed by atoms with E-state index in [4.69, 9.17) is 18.9 Å². The molecular weight excluding hydrogens is 222 g/mol. The number of unbranched alkanes of at least 4 members (excludes halogenated alkanes) is 1. The molecule has 1 N–H and O–H groups in total. The van der Waals surface area contributed by atoms with Crippen LogP contribution in [0.2, 0.25) is 0 Å². The number of methoxy groups -OCH3 is 2. The van der Waals surface area contributed by atoms with E-state index < -0.39 is 0 Å². The quantitative estimate of drug-likeness (QED) is 0.366. The zero-order valence-corrected chi connectivity index (χ0v) is 11.5. The zero-order chi connectivity index (χ0) is 12.8. The molecular formula is C12H28NO4+. The van der Waals surface area contributed by atoms with E-state index in [0.29, 0.717) is 13.6 Å². The van der Waals surface area contributed by atoms with E-state index in [2.05, 4.69) is 6.92 Å². The van der Waals surface area contributed by atoms with E-state index in [1.807, 2.05) is 0 Å². The Morgan fingerprint density at radius 2 is 1.35 bits per heavy atom. The minimum Gasteiger partial charge on any atom is -0.359 e. The molecule has 0 spiro atoms. The van der Waals surface area contributed by atoms with Crippen LogP contribution in [0.25, 0.3) is 0 Å². The van der Waals surface area contributed by atoms with E-state index >= 15 is 0 Å². The van der Waals surface area contributed by atoms with Crippen LogP contribution in [0.4, 0.5) is 0 Å². The molecule has 0 aliphatic carbocycles. The van der Waals surface area contributed by atoms with Gasteiger partial charge in [-0.05, 0) is 6.42 Å². The molecule has 0 saturated heterocycles. The highest BCUT2D eigenvalue weighted by Gasteiger charge is 2.07. The van der Waals surface area contributed by atoms with Crippen molar-refractivity contribution in [1.82, 2.24) is 0 Å². The Hall–Kier alpha value is -0.200. The highest BCUT2D eigenvalue weighted by Crippen LogP contribution is 1.80. The summed E-state index contributed by atoms with van der Waals surface area (Å²) in [7, 11) is 3.28. The maximum atomic E-state index is 5.31. The van der Waals surface area contributed by atoms with Crippen molar-refractivity contribution in [3.8, 4) is 0 Å². The van der Waals surface area contributed by atoms with Crippen molar-refractivity contribution >= 4 is 0 Å². The van der Waals surface area contributed by atoms with Crippen LogP contribution in [0.5, 0.6) is 0 Å². The molecule has 0 rings (SSSR count). The van der Waals surface area contributed by atoms with Crippen LogP contribution in [-0.4, -0.2) is 60.7 Å². The van der Waals surface area contributed by atoms with Gasteiger partial charge in [-0.1, -0.05) is 13.3 Å². The van der Waals surface area contributed by atoms with Gasteiger partial charge in [0.05, 0.1) is 19.8 Å². The molecule has 5 heteroatoms. The Kier molecular flexibility index (Phi) is 13.7. The summed E-state index contributed by atoms with van der Waals surface area (Å²) in [5.41, 5.74) is 0. The number of hydrogen-bond donors (Lipinski definition) is 1. The second kappa shape index (κ2) is 13.9. The molecule has 0 amide bonds. The van der Waals surface area contributed by atoms with Gasteiger partial charge in [-0.2, -0.15) is 0 Å². The topological polar surface area (TPSA) is 41.4 Å². The van der Waals surface area contributed by atoms with Crippen LogP contribution in [-0.2, 0) is 18.9 Å². The summed E-state index contributed by atoms with van der Waals surface area (Å²) in [6.45, 7) is 7.60. The molecule has 0 aliphatic heterocycles. The first-order valence-electron chi connectivity index (χ1n) is 6.32. The van der Waals surface area contributed by atoms with Gasteiger partial charge in [0.2, 0.25) is 0 Å². The molecule has 0 aromatic heterocycles. The smallest absolute Gasteiger partial charge is 0.146 e. The third-order valence-corrected chi connectivity index (χ3v) is 2.49. The fraction of sp³-hybridized carbons (Fsp3) is 1.00. The minimum atomic E-state index is 0.376. The summed E-state index contributed by atoms with van der Waals surface area (Å²) in [6, 6.07) is 0. The van der Waals surface area contributed by atoms with Crippen LogP contribution in [0.1, 0.15) is 19.8 Å². The molecule has 0 heterocycles. The molecule has 0 aromatic carbocycles. The van der Waals surface area contributed by atoms with Gasteiger partial charge in [-0.25, -0.2) is 0 Å². The maximum absolute atomic E-state index is 5.31. The van der Waals surface area contributed by atoms with Crippen LogP contribution in [0.15, 0.2) is 0 Å².